The SMILES string of the molecule is CCCCN(C)CCC(=O)NCc1ccc(-c2nc(-c3ccc(OC)c(OC)c3)cs2)cc1. The smallest absolute Gasteiger partial charge is 0.221 e. The summed E-state index contributed by atoms with van der Waals surface area (Å²) in [5.41, 5.74) is 4.01. The second-order valence-electron chi connectivity index (χ2n) is 7.99. The molecule has 0 saturated heterocycles. The Bertz CT molecular complexity index is 1030. The lowest BCUT2D eigenvalue weighted by atomic mass is 10.1. The van der Waals surface area contributed by atoms with Gasteiger partial charge in [-0.25, -0.2) is 4.98 Å². The van der Waals surface area contributed by atoms with Gasteiger partial charge in [0.2, 0.25) is 5.91 Å². The van der Waals surface area contributed by atoms with E-state index in [9.17, 15) is 4.79 Å². The van der Waals surface area contributed by atoms with Crippen LogP contribution in [-0.2, 0) is 11.3 Å². The number of ether oxygens (including phenoxy) is 2. The molecule has 0 radical (unpaired) electrons. The number of nitrogens with zero attached hydrogens (tertiary/aromatic N) is 2. The summed E-state index contributed by atoms with van der Waals surface area (Å²) in [4.78, 5) is 19.1. The molecule has 0 aliphatic rings. The molecule has 0 bridgehead atoms. The van der Waals surface area contributed by atoms with Crippen molar-refractivity contribution < 1.29 is 14.3 Å². The van der Waals surface area contributed by atoms with Gasteiger partial charge in [-0.2, -0.15) is 0 Å². The number of benzene rings is 2. The van der Waals surface area contributed by atoms with Crippen molar-refractivity contribution in [1.82, 2.24) is 15.2 Å². The van der Waals surface area contributed by atoms with Crippen molar-refractivity contribution in [3.05, 3.63) is 53.4 Å². The molecule has 0 saturated carbocycles. The summed E-state index contributed by atoms with van der Waals surface area (Å²) in [6.45, 7) is 4.54. The van der Waals surface area contributed by atoms with E-state index in [-0.39, 0.29) is 5.91 Å². The lowest BCUT2D eigenvalue weighted by Crippen LogP contribution is -2.29. The molecule has 176 valence electrons. The highest BCUT2D eigenvalue weighted by atomic mass is 32.1. The molecule has 0 aliphatic heterocycles. The summed E-state index contributed by atoms with van der Waals surface area (Å²) >= 11 is 1.60. The highest BCUT2D eigenvalue weighted by Gasteiger charge is 2.11. The second kappa shape index (κ2) is 12.4. The molecule has 1 heterocycles. The normalized spacial score (nSPS) is 10.9. The molecule has 0 aliphatic carbocycles. The molecule has 1 N–H and O–H groups in total. The number of nitrogens with one attached hydrogen (secondary N) is 1. The third-order valence-corrected chi connectivity index (χ3v) is 6.38. The van der Waals surface area contributed by atoms with E-state index in [0.717, 1.165) is 40.5 Å². The van der Waals surface area contributed by atoms with Gasteiger partial charge < -0.3 is 19.7 Å². The molecular formula is C26H33N3O3S. The highest BCUT2D eigenvalue weighted by molar-refractivity contribution is 7.13. The van der Waals surface area contributed by atoms with E-state index in [0.29, 0.717) is 24.5 Å². The number of unbranched alkanes of at least 4 members (excludes halogenated alkanes) is 1. The van der Waals surface area contributed by atoms with Gasteiger partial charge in [-0.05, 0) is 43.8 Å². The van der Waals surface area contributed by atoms with Gasteiger partial charge in [0.1, 0.15) is 5.01 Å². The maximum atomic E-state index is 12.1. The first-order valence-corrected chi connectivity index (χ1v) is 12.1. The van der Waals surface area contributed by atoms with Crippen LogP contribution in [0.4, 0.5) is 0 Å². The minimum Gasteiger partial charge on any atom is -0.493 e. The summed E-state index contributed by atoms with van der Waals surface area (Å²) in [6, 6.07) is 14.0. The number of thiazole rings is 1. The topological polar surface area (TPSA) is 63.7 Å². The summed E-state index contributed by atoms with van der Waals surface area (Å²) in [5.74, 6) is 1.47. The molecule has 0 fully saturated rings. The van der Waals surface area contributed by atoms with Gasteiger partial charge in [-0.3, -0.25) is 4.79 Å². The molecule has 6 nitrogen and oxygen atoms in total. The fourth-order valence-electron chi connectivity index (χ4n) is 3.42. The van der Waals surface area contributed by atoms with Gasteiger partial charge >= 0.3 is 0 Å². The predicted octanol–water partition coefficient (Wildman–Crippen LogP) is 5.23. The molecular weight excluding hydrogens is 434 g/mol. The minimum absolute atomic E-state index is 0.0851. The number of methoxy groups -OCH3 is 2. The lowest BCUT2D eigenvalue weighted by Gasteiger charge is -2.15. The highest BCUT2D eigenvalue weighted by Crippen LogP contribution is 2.34. The van der Waals surface area contributed by atoms with E-state index >= 15 is 0 Å². The van der Waals surface area contributed by atoms with E-state index < -0.39 is 0 Å². The van der Waals surface area contributed by atoms with Crippen LogP contribution in [0.2, 0.25) is 0 Å². The summed E-state index contributed by atoms with van der Waals surface area (Å²) < 4.78 is 10.7. The Labute approximate surface area is 200 Å². The maximum absolute atomic E-state index is 12.1. The molecule has 0 spiro atoms. The number of carbonyl (C=O) groups is 1. The van der Waals surface area contributed by atoms with Crippen molar-refractivity contribution in [2.24, 2.45) is 0 Å². The molecule has 1 amide bonds. The van der Waals surface area contributed by atoms with Crippen LogP contribution in [0.1, 0.15) is 31.7 Å². The average Bonchev–Trinajstić information content (AvgIpc) is 3.35. The van der Waals surface area contributed by atoms with Crippen LogP contribution < -0.4 is 14.8 Å². The Hall–Kier alpha value is -2.90. The Morgan fingerprint density at radius 1 is 1.03 bits per heavy atom. The van der Waals surface area contributed by atoms with Crippen molar-refractivity contribution in [2.45, 2.75) is 32.7 Å². The van der Waals surface area contributed by atoms with Crippen molar-refractivity contribution in [3.8, 4) is 33.3 Å². The standard InChI is InChI=1S/C26H33N3O3S/c1-5-6-14-29(2)15-13-25(30)27-17-19-7-9-20(10-8-19)26-28-22(18-33-26)21-11-12-23(31-3)24(16-21)32-4/h7-12,16,18H,5-6,13-15,17H2,1-4H3,(H,27,30). The van der Waals surface area contributed by atoms with E-state index in [1.54, 1.807) is 25.6 Å². The van der Waals surface area contributed by atoms with Gasteiger partial charge in [0.05, 0.1) is 19.9 Å². The summed E-state index contributed by atoms with van der Waals surface area (Å²) in [7, 11) is 5.32. The Kier molecular flexibility index (Phi) is 9.27. The van der Waals surface area contributed by atoms with Gasteiger partial charge in [0.25, 0.3) is 0 Å². The lowest BCUT2D eigenvalue weighted by molar-refractivity contribution is -0.121. The van der Waals surface area contributed by atoms with Crippen LogP contribution in [0.3, 0.4) is 0 Å². The van der Waals surface area contributed by atoms with Crippen LogP contribution in [0.15, 0.2) is 47.8 Å². The van der Waals surface area contributed by atoms with Gasteiger partial charge in [0, 0.05) is 36.0 Å². The zero-order chi connectivity index (χ0) is 23.6. The minimum atomic E-state index is 0.0851. The van der Waals surface area contributed by atoms with E-state index in [2.05, 4.69) is 36.3 Å². The second-order valence-corrected chi connectivity index (χ2v) is 8.85. The van der Waals surface area contributed by atoms with E-state index in [1.807, 2.05) is 35.7 Å². The summed E-state index contributed by atoms with van der Waals surface area (Å²) in [5, 5.41) is 6.01. The molecule has 2 aromatic carbocycles. The van der Waals surface area contributed by atoms with Crippen molar-refractivity contribution in [1.29, 1.82) is 0 Å². The third kappa shape index (κ3) is 7.04. The fraction of sp³-hybridized carbons (Fsp3) is 0.385. The van der Waals surface area contributed by atoms with Gasteiger partial charge in [-0.1, -0.05) is 37.6 Å². The first-order valence-electron chi connectivity index (χ1n) is 11.3. The van der Waals surface area contributed by atoms with Crippen LogP contribution in [0.5, 0.6) is 11.5 Å². The van der Waals surface area contributed by atoms with E-state index in [1.165, 1.54) is 12.8 Å². The van der Waals surface area contributed by atoms with E-state index in [4.69, 9.17) is 14.5 Å². The van der Waals surface area contributed by atoms with Gasteiger partial charge in [-0.15, -0.1) is 11.3 Å². The number of hydrogen-bond acceptors (Lipinski definition) is 6. The van der Waals surface area contributed by atoms with Crippen molar-refractivity contribution in [3.63, 3.8) is 0 Å². The number of carbonyl (C=O) groups excluding carboxylic acids is 1. The van der Waals surface area contributed by atoms with Crippen molar-refractivity contribution in [2.75, 3.05) is 34.4 Å². The number of rotatable bonds is 12. The molecule has 33 heavy (non-hydrogen) atoms. The number of amides is 1. The maximum Gasteiger partial charge on any atom is 0.221 e. The van der Waals surface area contributed by atoms with Gasteiger partial charge in [0.15, 0.2) is 11.5 Å². The van der Waals surface area contributed by atoms with Crippen LogP contribution >= 0.6 is 11.3 Å². The zero-order valence-electron chi connectivity index (χ0n) is 19.9. The average molecular weight is 468 g/mol. The first kappa shape index (κ1) is 24.7. The first-order chi connectivity index (χ1) is 16.0. The predicted molar refractivity (Wildman–Crippen MR) is 135 cm³/mol. The molecule has 0 atom stereocenters. The molecule has 7 heteroatoms. The Balaban J connectivity index is 1.55. The largest absolute Gasteiger partial charge is 0.493 e. The zero-order valence-corrected chi connectivity index (χ0v) is 20.7. The quantitative estimate of drug-likeness (QED) is 0.395. The Morgan fingerprint density at radius 3 is 2.45 bits per heavy atom. The molecule has 3 aromatic rings. The summed E-state index contributed by atoms with van der Waals surface area (Å²) in [6.07, 6.45) is 2.86. The van der Waals surface area contributed by atoms with Crippen LogP contribution in [-0.4, -0.2) is 50.1 Å². The van der Waals surface area contributed by atoms with Crippen LogP contribution in [0, 0.1) is 0 Å². The number of aromatic nitrogens is 1. The third-order valence-electron chi connectivity index (χ3n) is 5.49. The van der Waals surface area contributed by atoms with Crippen LogP contribution in [0.25, 0.3) is 21.8 Å². The van der Waals surface area contributed by atoms with Crippen molar-refractivity contribution >= 4 is 17.2 Å². The number of hydrogen-bond donors (Lipinski definition) is 1. The molecule has 3 rings (SSSR count). The molecule has 0 unspecified atom stereocenters. The monoisotopic (exact) mass is 467 g/mol. The fourth-order valence-corrected chi connectivity index (χ4v) is 4.26. The molecule has 1 aromatic heterocycles. The Morgan fingerprint density at radius 2 is 1.76 bits per heavy atom.